The van der Waals surface area contributed by atoms with Gasteiger partial charge in [0, 0.05) is 23.0 Å². The van der Waals surface area contributed by atoms with Gasteiger partial charge < -0.3 is 14.6 Å². The van der Waals surface area contributed by atoms with Gasteiger partial charge in [-0.25, -0.2) is 4.98 Å². The van der Waals surface area contributed by atoms with E-state index in [1.165, 1.54) is 11.1 Å². The molecule has 0 aliphatic carbocycles. The third-order valence-electron chi connectivity index (χ3n) is 6.72. The standard InChI is InChI=1S/C27H24N2O4/c1-16-28-22-6-2-3-7-23(22)29(16)24-8-4-5-21-18(15-33-27(21)24)11-17-9-10-20-19(13-26(30)31)14-32-25(20)12-17/h2-10,12,18-19H,11,13-15H2,1H3,(H,30,31)/t18-,19+/m0/s1. The van der Waals surface area contributed by atoms with Crippen LogP contribution < -0.4 is 9.47 Å². The number of carboxylic acids is 1. The molecular formula is C27H24N2O4. The predicted octanol–water partition coefficient (Wildman–Crippen LogP) is 5.00. The molecular weight excluding hydrogens is 416 g/mol. The molecule has 2 aliphatic rings. The van der Waals surface area contributed by atoms with Crippen molar-refractivity contribution in [2.24, 2.45) is 0 Å². The van der Waals surface area contributed by atoms with Crippen LogP contribution in [0.2, 0.25) is 0 Å². The summed E-state index contributed by atoms with van der Waals surface area (Å²) in [6, 6.07) is 20.7. The van der Waals surface area contributed by atoms with E-state index in [2.05, 4.69) is 41.0 Å². The molecule has 0 amide bonds. The fourth-order valence-corrected chi connectivity index (χ4v) is 5.20. The lowest BCUT2D eigenvalue weighted by Crippen LogP contribution is -2.07. The molecule has 166 valence electrons. The van der Waals surface area contributed by atoms with Gasteiger partial charge in [-0.15, -0.1) is 0 Å². The van der Waals surface area contributed by atoms with Crippen LogP contribution in [0.1, 0.15) is 40.8 Å². The maximum Gasteiger partial charge on any atom is 0.304 e. The quantitative estimate of drug-likeness (QED) is 0.473. The second-order valence-electron chi connectivity index (χ2n) is 8.87. The minimum absolute atomic E-state index is 0.0714. The number of aromatic nitrogens is 2. The van der Waals surface area contributed by atoms with E-state index in [9.17, 15) is 4.79 Å². The van der Waals surface area contributed by atoms with Crippen molar-refractivity contribution in [3.8, 4) is 17.2 Å². The number of fused-ring (bicyclic) bond motifs is 3. The van der Waals surface area contributed by atoms with Crippen LogP contribution >= 0.6 is 0 Å². The van der Waals surface area contributed by atoms with Crippen LogP contribution in [0.15, 0.2) is 60.7 Å². The number of carboxylic acid groups (broad SMARTS) is 1. The molecule has 0 saturated carbocycles. The summed E-state index contributed by atoms with van der Waals surface area (Å²) in [4.78, 5) is 15.8. The number of aliphatic carboxylic acids is 1. The zero-order valence-corrected chi connectivity index (χ0v) is 18.3. The number of nitrogens with zero attached hydrogens (tertiary/aromatic N) is 2. The molecule has 2 atom stereocenters. The van der Waals surface area contributed by atoms with Gasteiger partial charge in [-0.1, -0.05) is 36.4 Å². The zero-order valence-electron chi connectivity index (χ0n) is 18.3. The molecule has 6 rings (SSSR count). The van der Waals surface area contributed by atoms with Crippen LogP contribution in [0.4, 0.5) is 0 Å². The number of ether oxygens (including phenoxy) is 2. The highest BCUT2D eigenvalue weighted by Gasteiger charge is 2.30. The smallest absolute Gasteiger partial charge is 0.304 e. The molecule has 0 unspecified atom stereocenters. The molecule has 3 aromatic carbocycles. The molecule has 1 N–H and O–H groups in total. The van der Waals surface area contributed by atoms with E-state index in [4.69, 9.17) is 19.6 Å². The van der Waals surface area contributed by atoms with Crippen LogP contribution in [0.25, 0.3) is 16.7 Å². The Kier molecular flexibility index (Phi) is 4.61. The van der Waals surface area contributed by atoms with Crippen molar-refractivity contribution in [3.05, 3.63) is 83.2 Å². The maximum atomic E-state index is 11.1. The molecule has 0 spiro atoms. The number of hydrogen-bond donors (Lipinski definition) is 1. The van der Waals surface area contributed by atoms with Crippen molar-refractivity contribution in [2.75, 3.05) is 13.2 Å². The number of carbonyl (C=O) groups is 1. The fraction of sp³-hybridized carbons (Fsp3) is 0.259. The summed E-state index contributed by atoms with van der Waals surface area (Å²) in [6.45, 7) is 3.08. The van der Waals surface area contributed by atoms with E-state index in [1.54, 1.807) is 0 Å². The van der Waals surface area contributed by atoms with Gasteiger partial charge in [-0.05, 0) is 43.2 Å². The minimum atomic E-state index is -0.794. The van der Waals surface area contributed by atoms with Crippen molar-refractivity contribution >= 4 is 17.0 Å². The molecule has 1 aromatic heterocycles. The van der Waals surface area contributed by atoms with Gasteiger partial charge in [0.25, 0.3) is 0 Å². The number of rotatable bonds is 5. The second-order valence-corrected chi connectivity index (χ2v) is 8.87. The third kappa shape index (κ3) is 3.33. The Morgan fingerprint density at radius 1 is 1.03 bits per heavy atom. The zero-order chi connectivity index (χ0) is 22.5. The van der Waals surface area contributed by atoms with Crippen molar-refractivity contribution < 1.29 is 19.4 Å². The second kappa shape index (κ2) is 7.66. The molecule has 6 heteroatoms. The Labute approximate surface area is 191 Å². The summed E-state index contributed by atoms with van der Waals surface area (Å²) in [6.07, 6.45) is 0.932. The molecule has 4 aromatic rings. The van der Waals surface area contributed by atoms with Gasteiger partial charge in [0.05, 0.1) is 36.4 Å². The Morgan fingerprint density at radius 2 is 1.88 bits per heavy atom. The van der Waals surface area contributed by atoms with E-state index in [0.717, 1.165) is 46.0 Å². The monoisotopic (exact) mass is 440 g/mol. The van der Waals surface area contributed by atoms with E-state index in [1.807, 2.05) is 31.2 Å². The number of para-hydroxylation sites is 3. The van der Waals surface area contributed by atoms with Gasteiger partial charge in [-0.2, -0.15) is 0 Å². The lowest BCUT2D eigenvalue weighted by Gasteiger charge is -2.13. The predicted molar refractivity (Wildman–Crippen MR) is 125 cm³/mol. The van der Waals surface area contributed by atoms with Crippen molar-refractivity contribution in [3.63, 3.8) is 0 Å². The summed E-state index contributed by atoms with van der Waals surface area (Å²) >= 11 is 0. The molecule has 0 radical (unpaired) electrons. The highest BCUT2D eigenvalue weighted by atomic mass is 16.5. The highest BCUT2D eigenvalue weighted by molar-refractivity contribution is 5.79. The Balaban J connectivity index is 1.30. The molecule has 0 bridgehead atoms. The van der Waals surface area contributed by atoms with Gasteiger partial charge in [0.2, 0.25) is 0 Å². The van der Waals surface area contributed by atoms with Gasteiger partial charge in [-0.3, -0.25) is 9.36 Å². The van der Waals surface area contributed by atoms with Crippen LogP contribution in [0.3, 0.4) is 0 Å². The minimum Gasteiger partial charge on any atom is -0.493 e. The van der Waals surface area contributed by atoms with Gasteiger partial charge in [0.1, 0.15) is 17.3 Å². The first-order valence-electron chi connectivity index (χ1n) is 11.3. The van der Waals surface area contributed by atoms with E-state index in [-0.39, 0.29) is 18.3 Å². The fourth-order valence-electron chi connectivity index (χ4n) is 5.20. The summed E-state index contributed by atoms with van der Waals surface area (Å²) < 4.78 is 14.2. The summed E-state index contributed by atoms with van der Waals surface area (Å²) in [5.41, 5.74) is 6.43. The first-order valence-corrected chi connectivity index (χ1v) is 11.3. The van der Waals surface area contributed by atoms with Crippen molar-refractivity contribution in [2.45, 2.75) is 31.6 Å². The average molecular weight is 440 g/mol. The van der Waals surface area contributed by atoms with E-state index < -0.39 is 5.97 Å². The first-order chi connectivity index (χ1) is 16.1. The summed E-state index contributed by atoms with van der Waals surface area (Å²) in [7, 11) is 0. The summed E-state index contributed by atoms with van der Waals surface area (Å²) in [5, 5.41) is 9.13. The Morgan fingerprint density at radius 3 is 2.76 bits per heavy atom. The van der Waals surface area contributed by atoms with Gasteiger partial charge >= 0.3 is 5.97 Å². The van der Waals surface area contributed by atoms with E-state index >= 15 is 0 Å². The third-order valence-corrected chi connectivity index (χ3v) is 6.72. The number of imidazole rings is 1. The SMILES string of the molecule is Cc1nc2ccccc2n1-c1cccc2c1OC[C@@H]2Cc1ccc2c(c1)OC[C@H]2CC(=O)O. The molecule has 2 aliphatic heterocycles. The van der Waals surface area contributed by atoms with Crippen LogP contribution in [0.5, 0.6) is 11.5 Å². The average Bonchev–Trinajstić information content (AvgIpc) is 3.48. The molecule has 0 fully saturated rings. The molecule has 6 nitrogen and oxygen atoms in total. The highest BCUT2D eigenvalue weighted by Crippen LogP contribution is 2.43. The molecule has 3 heterocycles. The lowest BCUT2D eigenvalue weighted by atomic mass is 9.91. The first kappa shape index (κ1) is 19.9. The van der Waals surface area contributed by atoms with Crippen LogP contribution in [-0.4, -0.2) is 33.8 Å². The molecule has 33 heavy (non-hydrogen) atoms. The van der Waals surface area contributed by atoms with E-state index in [0.29, 0.717) is 13.2 Å². The van der Waals surface area contributed by atoms with Crippen LogP contribution in [0, 0.1) is 6.92 Å². The summed E-state index contributed by atoms with van der Waals surface area (Å²) in [5.74, 6) is 2.04. The van der Waals surface area contributed by atoms with Gasteiger partial charge in [0.15, 0.2) is 0 Å². The Hall–Kier alpha value is -3.80. The largest absolute Gasteiger partial charge is 0.493 e. The number of hydrogen-bond acceptors (Lipinski definition) is 4. The van der Waals surface area contributed by atoms with Crippen molar-refractivity contribution in [1.29, 1.82) is 0 Å². The Bertz CT molecular complexity index is 1390. The normalized spacial score (nSPS) is 18.6. The number of benzene rings is 3. The molecule has 0 saturated heterocycles. The van der Waals surface area contributed by atoms with Crippen LogP contribution in [-0.2, 0) is 11.2 Å². The topological polar surface area (TPSA) is 73.6 Å². The number of aryl methyl sites for hydroxylation is 1. The maximum absolute atomic E-state index is 11.1. The lowest BCUT2D eigenvalue weighted by molar-refractivity contribution is -0.137. The van der Waals surface area contributed by atoms with Crippen molar-refractivity contribution in [1.82, 2.24) is 9.55 Å².